The van der Waals surface area contributed by atoms with E-state index in [2.05, 4.69) is 87.8 Å². The number of rotatable bonds is 4. The van der Waals surface area contributed by atoms with E-state index in [0.29, 0.717) is 5.82 Å². The van der Waals surface area contributed by atoms with E-state index >= 15 is 0 Å². The minimum absolute atomic E-state index is 0.122. The fourth-order valence-electron chi connectivity index (χ4n) is 4.59. The first-order chi connectivity index (χ1) is 14.6. The second kappa shape index (κ2) is 7.57. The first kappa shape index (κ1) is 18.8. The number of aromatic amines is 2. The summed E-state index contributed by atoms with van der Waals surface area (Å²) in [6.45, 7) is 6.27. The number of hydrogen-bond donors (Lipinski definition) is 2. The summed E-state index contributed by atoms with van der Waals surface area (Å²) < 4.78 is 6.74. The Balaban J connectivity index is 1.46. The number of H-pyrrole nitrogens is 2. The van der Waals surface area contributed by atoms with Crippen molar-refractivity contribution in [2.75, 3.05) is 20.1 Å². The highest BCUT2D eigenvalue weighted by Crippen LogP contribution is 2.37. The molecule has 0 saturated carbocycles. The Morgan fingerprint density at radius 3 is 2.70 bits per heavy atom. The Kier molecular flexibility index (Phi) is 4.75. The molecule has 7 nitrogen and oxygen atoms in total. The molecule has 5 rings (SSSR count). The van der Waals surface area contributed by atoms with Crippen molar-refractivity contribution >= 4 is 10.9 Å². The zero-order chi connectivity index (χ0) is 20.7. The quantitative estimate of drug-likeness (QED) is 0.542. The Morgan fingerprint density at radius 1 is 1.10 bits per heavy atom. The van der Waals surface area contributed by atoms with Crippen molar-refractivity contribution in [1.29, 1.82) is 0 Å². The van der Waals surface area contributed by atoms with Crippen LogP contribution in [0.3, 0.4) is 0 Å². The fraction of sp³-hybridized carbons (Fsp3) is 0.348. The summed E-state index contributed by atoms with van der Waals surface area (Å²) in [5.74, 6) is 1.90. The van der Waals surface area contributed by atoms with Crippen LogP contribution in [0.2, 0.25) is 0 Å². The van der Waals surface area contributed by atoms with Crippen molar-refractivity contribution in [3.8, 4) is 17.1 Å². The lowest BCUT2D eigenvalue weighted by atomic mass is 9.87. The van der Waals surface area contributed by atoms with Crippen LogP contribution in [0.4, 0.5) is 0 Å². The van der Waals surface area contributed by atoms with E-state index in [0.717, 1.165) is 41.7 Å². The molecule has 0 aliphatic carbocycles. The first-order valence-corrected chi connectivity index (χ1v) is 10.4. The van der Waals surface area contributed by atoms with Gasteiger partial charge < -0.3 is 14.6 Å². The Bertz CT molecular complexity index is 1150. The van der Waals surface area contributed by atoms with E-state index in [9.17, 15) is 0 Å². The number of likely N-dealkylation sites (N-methyl/N-ethyl adjacent to an activating group) is 1. The van der Waals surface area contributed by atoms with Crippen molar-refractivity contribution in [3.05, 3.63) is 59.3 Å². The number of benzene rings is 2. The summed E-state index contributed by atoms with van der Waals surface area (Å²) in [4.78, 5) is 5.73. The molecule has 2 atom stereocenters. The molecule has 0 spiro atoms. The minimum atomic E-state index is 0.122. The average Bonchev–Trinajstić information content (AvgIpc) is 3.44. The van der Waals surface area contributed by atoms with Crippen LogP contribution in [0, 0.1) is 13.8 Å². The fourth-order valence-corrected chi connectivity index (χ4v) is 4.59. The minimum Gasteiger partial charge on any atom is -0.489 e. The van der Waals surface area contributed by atoms with Gasteiger partial charge in [-0.05, 0) is 55.3 Å². The van der Waals surface area contributed by atoms with Gasteiger partial charge in [-0.15, -0.1) is 10.2 Å². The molecule has 0 unspecified atom stereocenters. The Hall–Kier alpha value is -3.19. The molecular formula is C23H26N6O. The number of aryl methyl sites for hydroxylation is 2. The van der Waals surface area contributed by atoms with Crippen molar-refractivity contribution in [1.82, 2.24) is 30.5 Å². The lowest BCUT2D eigenvalue weighted by Gasteiger charge is -2.37. The van der Waals surface area contributed by atoms with E-state index in [1.807, 2.05) is 6.20 Å². The van der Waals surface area contributed by atoms with Crippen molar-refractivity contribution in [2.24, 2.45) is 0 Å². The molecule has 2 N–H and O–H groups in total. The molecule has 0 bridgehead atoms. The van der Waals surface area contributed by atoms with Gasteiger partial charge in [0, 0.05) is 36.2 Å². The number of ether oxygens (including phenoxy) is 1. The van der Waals surface area contributed by atoms with Crippen molar-refractivity contribution in [3.63, 3.8) is 0 Å². The Labute approximate surface area is 175 Å². The van der Waals surface area contributed by atoms with Crippen LogP contribution >= 0.6 is 0 Å². The van der Waals surface area contributed by atoms with Crippen molar-refractivity contribution in [2.45, 2.75) is 32.3 Å². The molecule has 7 heteroatoms. The number of tetrazole rings is 1. The zero-order valence-corrected chi connectivity index (χ0v) is 17.5. The van der Waals surface area contributed by atoms with E-state index in [-0.39, 0.29) is 12.0 Å². The van der Waals surface area contributed by atoms with Gasteiger partial charge in [0.25, 0.3) is 0 Å². The van der Waals surface area contributed by atoms with Gasteiger partial charge in [-0.25, -0.2) is 0 Å². The molecular weight excluding hydrogens is 376 g/mol. The summed E-state index contributed by atoms with van der Waals surface area (Å²) in [5, 5.41) is 15.5. The molecule has 0 amide bonds. The maximum atomic E-state index is 6.74. The van der Waals surface area contributed by atoms with Gasteiger partial charge in [-0.3, -0.25) is 0 Å². The number of hydrogen-bond acceptors (Lipinski definition) is 5. The standard InChI is InChI=1S/C23H26N6O/c1-14-12-15(2)22(18-8-10-24-21(14)18)30-20-9-11-29(3)13-19(20)16-4-6-17(7-5-16)23-25-27-28-26-23/h4-8,10,12,19-20,24H,9,11,13H2,1-3H3,(H,25,26,27,28)/t19-,20+/m0/s1. The second-order valence-corrected chi connectivity index (χ2v) is 8.28. The van der Waals surface area contributed by atoms with Gasteiger partial charge in [0.15, 0.2) is 0 Å². The maximum Gasteiger partial charge on any atom is 0.204 e. The predicted octanol–water partition coefficient (Wildman–Crippen LogP) is 3.83. The van der Waals surface area contributed by atoms with Crippen LogP contribution in [0.25, 0.3) is 22.3 Å². The molecule has 1 saturated heterocycles. The third-order valence-electron chi connectivity index (χ3n) is 6.14. The normalized spacial score (nSPS) is 20.0. The summed E-state index contributed by atoms with van der Waals surface area (Å²) >= 11 is 0. The molecule has 2 aromatic heterocycles. The summed E-state index contributed by atoms with van der Waals surface area (Å²) in [7, 11) is 2.18. The maximum absolute atomic E-state index is 6.74. The highest BCUT2D eigenvalue weighted by molar-refractivity contribution is 5.89. The highest BCUT2D eigenvalue weighted by atomic mass is 16.5. The smallest absolute Gasteiger partial charge is 0.204 e. The number of likely N-dealkylation sites (tertiary alicyclic amines) is 1. The molecule has 2 aromatic carbocycles. The molecule has 3 heterocycles. The molecule has 1 aliphatic heterocycles. The molecule has 1 fully saturated rings. The van der Waals surface area contributed by atoms with Crippen LogP contribution in [0.1, 0.15) is 29.0 Å². The summed E-state index contributed by atoms with van der Waals surface area (Å²) in [6.07, 6.45) is 3.11. The molecule has 30 heavy (non-hydrogen) atoms. The number of aromatic nitrogens is 5. The monoisotopic (exact) mass is 402 g/mol. The third kappa shape index (κ3) is 3.35. The summed E-state index contributed by atoms with van der Waals surface area (Å²) in [6, 6.07) is 12.8. The van der Waals surface area contributed by atoms with Crippen LogP contribution in [0.15, 0.2) is 42.6 Å². The third-order valence-corrected chi connectivity index (χ3v) is 6.14. The molecule has 4 aromatic rings. The lowest BCUT2D eigenvalue weighted by Crippen LogP contribution is -2.42. The van der Waals surface area contributed by atoms with Gasteiger partial charge in [0.2, 0.25) is 5.82 Å². The summed E-state index contributed by atoms with van der Waals surface area (Å²) in [5.41, 5.74) is 5.82. The highest BCUT2D eigenvalue weighted by Gasteiger charge is 2.31. The van der Waals surface area contributed by atoms with E-state index in [4.69, 9.17) is 4.74 Å². The first-order valence-electron chi connectivity index (χ1n) is 10.4. The predicted molar refractivity (Wildman–Crippen MR) is 117 cm³/mol. The number of nitrogens with zero attached hydrogens (tertiary/aromatic N) is 4. The van der Waals surface area contributed by atoms with E-state index in [1.165, 1.54) is 16.7 Å². The van der Waals surface area contributed by atoms with Gasteiger partial charge in [-0.2, -0.15) is 5.21 Å². The lowest BCUT2D eigenvalue weighted by molar-refractivity contribution is 0.0909. The van der Waals surface area contributed by atoms with Crippen LogP contribution in [-0.4, -0.2) is 56.7 Å². The largest absolute Gasteiger partial charge is 0.489 e. The van der Waals surface area contributed by atoms with Crippen molar-refractivity contribution < 1.29 is 4.74 Å². The van der Waals surface area contributed by atoms with E-state index in [1.54, 1.807) is 0 Å². The SMILES string of the molecule is Cc1cc(C)c2[nH]ccc2c1O[C@@H]1CCN(C)C[C@H]1c1ccc(-c2nn[nH]n2)cc1. The van der Waals surface area contributed by atoms with Crippen LogP contribution in [0.5, 0.6) is 5.75 Å². The van der Waals surface area contributed by atoms with Gasteiger partial charge >= 0.3 is 0 Å². The second-order valence-electron chi connectivity index (χ2n) is 8.28. The van der Waals surface area contributed by atoms with E-state index < -0.39 is 0 Å². The van der Waals surface area contributed by atoms with Gasteiger partial charge in [0.05, 0.1) is 5.52 Å². The number of fused-ring (bicyclic) bond motifs is 1. The zero-order valence-electron chi connectivity index (χ0n) is 17.5. The number of nitrogens with one attached hydrogen (secondary N) is 2. The molecule has 0 radical (unpaired) electrons. The topological polar surface area (TPSA) is 82.7 Å². The van der Waals surface area contributed by atoms with Crippen LogP contribution < -0.4 is 4.74 Å². The number of piperidine rings is 1. The van der Waals surface area contributed by atoms with Gasteiger partial charge in [-0.1, -0.05) is 30.3 Å². The molecule has 154 valence electrons. The van der Waals surface area contributed by atoms with Gasteiger partial charge in [0.1, 0.15) is 11.9 Å². The molecule has 1 aliphatic rings. The Morgan fingerprint density at radius 2 is 1.93 bits per heavy atom. The van der Waals surface area contributed by atoms with Crippen LogP contribution in [-0.2, 0) is 0 Å². The average molecular weight is 403 g/mol.